The molecule has 22 heavy (non-hydrogen) atoms. The molecule has 2 aromatic carbocycles. The van der Waals surface area contributed by atoms with Gasteiger partial charge in [-0.1, -0.05) is 48.5 Å². The Balaban J connectivity index is 1.84. The minimum absolute atomic E-state index is 0.130. The van der Waals surface area contributed by atoms with Crippen molar-refractivity contribution in [1.82, 2.24) is 5.32 Å². The van der Waals surface area contributed by atoms with E-state index in [1.165, 1.54) is 0 Å². The van der Waals surface area contributed by atoms with Gasteiger partial charge in [-0.15, -0.1) is 0 Å². The standard InChI is InChI=1S/C19H22N2O/c22-19(17-11-13-20-14-12-17)21(18-9-5-2-6-10-18)15-16-7-3-1-4-8-16/h1-10,17,20H,11-15H2. The van der Waals surface area contributed by atoms with Crippen LogP contribution in [0.3, 0.4) is 0 Å². The zero-order valence-electron chi connectivity index (χ0n) is 12.7. The molecule has 0 spiro atoms. The quantitative estimate of drug-likeness (QED) is 0.939. The maximum absolute atomic E-state index is 13.0. The predicted molar refractivity (Wildman–Crippen MR) is 89.7 cm³/mol. The molecule has 1 amide bonds. The molecule has 3 nitrogen and oxygen atoms in total. The first-order valence-electron chi connectivity index (χ1n) is 7.95. The van der Waals surface area contributed by atoms with Gasteiger partial charge in [0.2, 0.25) is 5.91 Å². The number of hydrogen-bond donors (Lipinski definition) is 1. The van der Waals surface area contributed by atoms with Gasteiger partial charge in [-0.05, 0) is 43.6 Å². The predicted octanol–water partition coefficient (Wildman–Crippen LogP) is 3.22. The lowest BCUT2D eigenvalue weighted by Gasteiger charge is -2.30. The smallest absolute Gasteiger partial charge is 0.230 e. The highest BCUT2D eigenvalue weighted by atomic mass is 16.2. The number of anilines is 1. The van der Waals surface area contributed by atoms with Gasteiger partial charge in [0.25, 0.3) is 0 Å². The maximum atomic E-state index is 13.0. The lowest BCUT2D eigenvalue weighted by molar-refractivity contribution is -0.123. The zero-order valence-corrected chi connectivity index (χ0v) is 12.7. The summed E-state index contributed by atoms with van der Waals surface area (Å²) >= 11 is 0. The number of hydrogen-bond acceptors (Lipinski definition) is 2. The van der Waals surface area contributed by atoms with Crippen LogP contribution in [-0.4, -0.2) is 19.0 Å². The summed E-state index contributed by atoms with van der Waals surface area (Å²) in [6.45, 7) is 2.50. The first-order chi connectivity index (χ1) is 10.8. The molecule has 0 atom stereocenters. The second kappa shape index (κ2) is 7.23. The molecule has 1 N–H and O–H groups in total. The fraction of sp³-hybridized carbons (Fsp3) is 0.316. The van der Waals surface area contributed by atoms with Gasteiger partial charge in [-0.25, -0.2) is 0 Å². The third kappa shape index (κ3) is 3.55. The van der Waals surface area contributed by atoms with E-state index < -0.39 is 0 Å². The van der Waals surface area contributed by atoms with Crippen molar-refractivity contribution in [1.29, 1.82) is 0 Å². The molecule has 0 unspecified atom stereocenters. The van der Waals surface area contributed by atoms with E-state index in [4.69, 9.17) is 0 Å². The molecule has 0 saturated carbocycles. The summed E-state index contributed by atoms with van der Waals surface area (Å²) in [5.74, 6) is 0.377. The van der Waals surface area contributed by atoms with E-state index >= 15 is 0 Å². The first-order valence-corrected chi connectivity index (χ1v) is 7.95. The Morgan fingerprint density at radius 1 is 0.955 bits per heavy atom. The summed E-state index contributed by atoms with van der Waals surface area (Å²) in [6.07, 6.45) is 1.86. The minimum Gasteiger partial charge on any atom is -0.317 e. The SMILES string of the molecule is O=C(C1CCNCC1)N(Cc1ccccc1)c1ccccc1. The Kier molecular flexibility index (Phi) is 4.86. The Labute approximate surface area is 132 Å². The van der Waals surface area contributed by atoms with Crippen molar-refractivity contribution in [3.8, 4) is 0 Å². The van der Waals surface area contributed by atoms with Crippen molar-refractivity contribution in [3.63, 3.8) is 0 Å². The van der Waals surface area contributed by atoms with Crippen molar-refractivity contribution >= 4 is 11.6 Å². The maximum Gasteiger partial charge on any atom is 0.230 e. The number of carbonyl (C=O) groups excluding carboxylic acids is 1. The summed E-state index contributed by atoms with van der Waals surface area (Å²) in [4.78, 5) is 14.9. The van der Waals surface area contributed by atoms with E-state index in [9.17, 15) is 4.79 Å². The highest BCUT2D eigenvalue weighted by Crippen LogP contribution is 2.23. The monoisotopic (exact) mass is 294 g/mol. The number of amides is 1. The summed E-state index contributed by atoms with van der Waals surface area (Å²) in [6, 6.07) is 20.2. The third-order valence-corrected chi connectivity index (χ3v) is 4.21. The third-order valence-electron chi connectivity index (χ3n) is 4.21. The second-order valence-corrected chi connectivity index (χ2v) is 5.77. The molecule has 1 aliphatic rings. The van der Waals surface area contributed by atoms with Gasteiger partial charge in [-0.2, -0.15) is 0 Å². The molecule has 2 aromatic rings. The molecule has 0 aliphatic carbocycles. The van der Waals surface area contributed by atoms with Crippen molar-refractivity contribution in [2.24, 2.45) is 5.92 Å². The average molecular weight is 294 g/mol. The van der Waals surface area contributed by atoms with Gasteiger partial charge in [0.15, 0.2) is 0 Å². The van der Waals surface area contributed by atoms with Crippen LogP contribution in [0.4, 0.5) is 5.69 Å². The molecule has 0 aromatic heterocycles. The molecular formula is C19H22N2O. The zero-order chi connectivity index (χ0) is 15.2. The van der Waals surface area contributed by atoms with Crippen LogP contribution in [-0.2, 0) is 11.3 Å². The van der Waals surface area contributed by atoms with Crippen LogP contribution in [0.1, 0.15) is 18.4 Å². The fourth-order valence-corrected chi connectivity index (χ4v) is 2.96. The molecular weight excluding hydrogens is 272 g/mol. The largest absolute Gasteiger partial charge is 0.317 e. The van der Waals surface area contributed by atoms with Gasteiger partial charge < -0.3 is 10.2 Å². The number of carbonyl (C=O) groups is 1. The second-order valence-electron chi connectivity index (χ2n) is 5.77. The normalized spacial score (nSPS) is 15.5. The summed E-state index contributed by atoms with van der Waals surface area (Å²) < 4.78 is 0. The molecule has 1 aliphatic heterocycles. The summed E-state index contributed by atoms with van der Waals surface area (Å²) in [7, 11) is 0. The molecule has 1 fully saturated rings. The van der Waals surface area contributed by atoms with Gasteiger partial charge in [0.05, 0.1) is 6.54 Å². The van der Waals surface area contributed by atoms with Gasteiger partial charge >= 0.3 is 0 Å². The lowest BCUT2D eigenvalue weighted by Crippen LogP contribution is -2.40. The molecule has 3 rings (SSSR count). The number of nitrogens with zero attached hydrogens (tertiary/aromatic N) is 1. The van der Waals surface area contributed by atoms with Crippen molar-refractivity contribution in [3.05, 3.63) is 66.2 Å². The number of piperidine rings is 1. The van der Waals surface area contributed by atoms with Crippen LogP contribution in [0.2, 0.25) is 0 Å². The first kappa shape index (κ1) is 14.8. The minimum atomic E-state index is 0.130. The number of para-hydroxylation sites is 1. The molecule has 114 valence electrons. The van der Waals surface area contributed by atoms with Crippen LogP contribution in [0.15, 0.2) is 60.7 Å². The van der Waals surface area contributed by atoms with E-state index in [0.29, 0.717) is 6.54 Å². The van der Waals surface area contributed by atoms with E-state index in [-0.39, 0.29) is 11.8 Å². The highest BCUT2D eigenvalue weighted by Gasteiger charge is 2.26. The number of nitrogens with one attached hydrogen (secondary N) is 1. The van der Waals surface area contributed by atoms with E-state index in [2.05, 4.69) is 17.4 Å². The Morgan fingerprint density at radius 3 is 2.18 bits per heavy atom. The van der Waals surface area contributed by atoms with Gasteiger partial charge in [0.1, 0.15) is 0 Å². The van der Waals surface area contributed by atoms with Crippen LogP contribution in [0, 0.1) is 5.92 Å². The van der Waals surface area contributed by atoms with E-state index in [1.807, 2.05) is 53.4 Å². The topological polar surface area (TPSA) is 32.3 Å². The summed E-state index contributed by atoms with van der Waals surface area (Å²) in [5.41, 5.74) is 2.14. The van der Waals surface area contributed by atoms with Gasteiger partial charge in [0, 0.05) is 11.6 Å². The molecule has 1 heterocycles. The van der Waals surface area contributed by atoms with Crippen LogP contribution in [0.25, 0.3) is 0 Å². The number of rotatable bonds is 4. The lowest BCUT2D eigenvalue weighted by atomic mass is 9.96. The Morgan fingerprint density at radius 2 is 1.55 bits per heavy atom. The highest BCUT2D eigenvalue weighted by molar-refractivity contribution is 5.95. The van der Waals surface area contributed by atoms with E-state index in [0.717, 1.165) is 37.2 Å². The number of benzene rings is 2. The van der Waals surface area contributed by atoms with Crippen LogP contribution in [0.5, 0.6) is 0 Å². The van der Waals surface area contributed by atoms with Crippen LogP contribution >= 0.6 is 0 Å². The average Bonchev–Trinajstić information content (AvgIpc) is 2.61. The van der Waals surface area contributed by atoms with Crippen molar-refractivity contribution in [2.45, 2.75) is 19.4 Å². The van der Waals surface area contributed by atoms with E-state index in [1.54, 1.807) is 0 Å². The fourth-order valence-electron chi connectivity index (χ4n) is 2.96. The Hall–Kier alpha value is -2.13. The van der Waals surface area contributed by atoms with Crippen molar-refractivity contribution in [2.75, 3.05) is 18.0 Å². The van der Waals surface area contributed by atoms with Crippen molar-refractivity contribution < 1.29 is 4.79 Å². The van der Waals surface area contributed by atoms with Crippen LogP contribution < -0.4 is 10.2 Å². The molecule has 3 heteroatoms. The Bertz CT molecular complexity index is 591. The molecule has 0 bridgehead atoms. The summed E-state index contributed by atoms with van der Waals surface area (Å²) in [5, 5.41) is 3.33. The molecule has 0 radical (unpaired) electrons. The van der Waals surface area contributed by atoms with Gasteiger partial charge in [-0.3, -0.25) is 4.79 Å². The molecule has 1 saturated heterocycles.